The first-order valence-electron chi connectivity index (χ1n) is 14.4. The highest BCUT2D eigenvalue weighted by atomic mass is 16.5. The Bertz CT molecular complexity index is 1630. The molecule has 4 aromatic rings. The van der Waals surface area contributed by atoms with Gasteiger partial charge in [-0.2, -0.15) is 0 Å². The third-order valence-electron chi connectivity index (χ3n) is 8.78. The quantitative estimate of drug-likeness (QED) is 0.250. The van der Waals surface area contributed by atoms with Gasteiger partial charge in [0, 0.05) is 18.7 Å². The summed E-state index contributed by atoms with van der Waals surface area (Å²) in [6.07, 6.45) is 7.48. The second kappa shape index (κ2) is 11.3. The topological polar surface area (TPSA) is 118 Å². The Labute approximate surface area is 244 Å². The number of aromatic nitrogens is 3. The summed E-state index contributed by atoms with van der Waals surface area (Å²) >= 11 is 0. The predicted octanol–water partition coefficient (Wildman–Crippen LogP) is 6.45. The Balaban J connectivity index is 1.40. The third kappa shape index (κ3) is 5.01. The summed E-state index contributed by atoms with van der Waals surface area (Å²) in [5.74, 6) is 0.644. The first-order valence-corrected chi connectivity index (χ1v) is 14.4. The number of fused-ring (bicyclic) bond motifs is 1. The second-order valence-corrected chi connectivity index (χ2v) is 11.4. The highest BCUT2D eigenvalue weighted by Gasteiger charge is 2.58. The lowest BCUT2D eigenvalue weighted by atomic mass is 9.69. The van der Waals surface area contributed by atoms with Crippen LogP contribution in [0.5, 0.6) is 5.75 Å². The molecule has 0 spiro atoms. The number of rotatable bonds is 9. The summed E-state index contributed by atoms with van der Waals surface area (Å²) in [5.41, 5.74) is 0.199. The molecule has 3 aromatic carbocycles. The Hall–Kier alpha value is -4.60. The predicted molar refractivity (Wildman–Crippen MR) is 160 cm³/mol. The number of carbonyl (C=O) groups is 1. The van der Waals surface area contributed by atoms with Crippen LogP contribution in [-0.2, 0) is 18.5 Å². The number of methoxy groups -OCH3 is 1. The van der Waals surface area contributed by atoms with E-state index in [1.807, 2.05) is 49.5 Å². The Morgan fingerprint density at radius 1 is 1.07 bits per heavy atom. The fourth-order valence-electron chi connectivity index (χ4n) is 6.67. The molecule has 216 valence electrons. The van der Waals surface area contributed by atoms with E-state index in [2.05, 4.69) is 56.1 Å². The number of nitrogens with zero attached hydrogens (tertiary/aromatic N) is 7. The van der Waals surface area contributed by atoms with Crippen LogP contribution in [0, 0.1) is 0 Å². The highest BCUT2D eigenvalue weighted by Crippen LogP contribution is 2.47. The van der Waals surface area contributed by atoms with Gasteiger partial charge < -0.3 is 9.84 Å². The van der Waals surface area contributed by atoms with Gasteiger partial charge in [-0.1, -0.05) is 73.0 Å². The molecular formula is C32H35N7O3. The molecule has 10 heteroatoms. The molecule has 42 heavy (non-hydrogen) atoms. The van der Waals surface area contributed by atoms with Gasteiger partial charge in [-0.25, -0.2) is 9.48 Å². The lowest BCUT2D eigenvalue weighted by Gasteiger charge is -2.51. The van der Waals surface area contributed by atoms with Gasteiger partial charge in [-0.3, -0.25) is 4.90 Å². The largest absolute Gasteiger partial charge is 0.497 e. The summed E-state index contributed by atoms with van der Waals surface area (Å²) in [6.45, 7) is 2.48. The van der Waals surface area contributed by atoms with Crippen molar-refractivity contribution in [2.75, 3.05) is 7.11 Å². The van der Waals surface area contributed by atoms with E-state index < -0.39 is 17.2 Å². The van der Waals surface area contributed by atoms with Gasteiger partial charge in [0.05, 0.1) is 31.1 Å². The fraction of sp³-hybridized carbons (Fsp3) is 0.375. The van der Waals surface area contributed by atoms with Gasteiger partial charge in [-0.15, -0.1) is 15.3 Å². The van der Waals surface area contributed by atoms with Gasteiger partial charge in [-0.05, 0) is 65.1 Å². The molecular weight excluding hydrogens is 530 g/mol. The van der Waals surface area contributed by atoms with E-state index in [-0.39, 0.29) is 12.5 Å². The molecule has 1 aromatic heterocycles. The standard InChI is InChI=1S/C32H35N7O3/c1-31(39(30(40)41)28-12-4-3-5-13-28,32(22-33-36-35-32)26-11-8-14-29(18-26)42-2)19-27-21-38(37-34-27)20-23-15-16-24-9-6-7-10-25(24)17-23/h6-11,14-18,21-22,28H,3-5,12-13,19-20H2,1-2H3,(H,40,41). The number of hydrogen-bond donors (Lipinski definition) is 1. The maximum atomic E-state index is 13.2. The van der Waals surface area contributed by atoms with Crippen LogP contribution in [0.3, 0.4) is 0 Å². The Morgan fingerprint density at radius 2 is 1.88 bits per heavy atom. The van der Waals surface area contributed by atoms with E-state index in [0.717, 1.165) is 43.2 Å². The molecule has 0 saturated heterocycles. The number of ether oxygens (including phenoxy) is 1. The number of carboxylic acid groups (broad SMARTS) is 1. The van der Waals surface area contributed by atoms with Crippen LogP contribution in [0.1, 0.15) is 55.8 Å². The van der Waals surface area contributed by atoms with Crippen molar-refractivity contribution in [2.45, 2.75) is 69.1 Å². The van der Waals surface area contributed by atoms with E-state index in [1.165, 1.54) is 10.8 Å². The van der Waals surface area contributed by atoms with Crippen molar-refractivity contribution in [1.29, 1.82) is 0 Å². The zero-order valence-corrected chi connectivity index (χ0v) is 23.9. The normalized spacial score (nSPS) is 20.0. The molecule has 1 aliphatic carbocycles. The zero-order valence-electron chi connectivity index (χ0n) is 23.9. The van der Waals surface area contributed by atoms with E-state index in [1.54, 1.807) is 22.9 Å². The third-order valence-corrected chi connectivity index (χ3v) is 8.78. The van der Waals surface area contributed by atoms with Gasteiger partial charge >= 0.3 is 6.09 Å². The van der Waals surface area contributed by atoms with Crippen molar-refractivity contribution >= 4 is 23.1 Å². The molecule has 0 bridgehead atoms. The Morgan fingerprint density at radius 3 is 2.62 bits per heavy atom. The second-order valence-electron chi connectivity index (χ2n) is 11.4. The molecule has 1 aliphatic heterocycles. The van der Waals surface area contributed by atoms with Gasteiger partial charge in [0.2, 0.25) is 0 Å². The molecule has 6 rings (SSSR count). The first kappa shape index (κ1) is 27.6. The minimum Gasteiger partial charge on any atom is -0.497 e. The number of benzene rings is 3. The molecule has 1 N–H and O–H groups in total. The van der Waals surface area contributed by atoms with Crippen LogP contribution in [0.4, 0.5) is 4.79 Å². The fourth-order valence-corrected chi connectivity index (χ4v) is 6.67. The lowest BCUT2D eigenvalue weighted by Crippen LogP contribution is -2.66. The summed E-state index contributed by atoms with van der Waals surface area (Å²) in [5, 5.41) is 35.0. The van der Waals surface area contributed by atoms with Crippen molar-refractivity contribution < 1.29 is 14.6 Å². The maximum absolute atomic E-state index is 13.2. The van der Waals surface area contributed by atoms with Gasteiger partial charge in [0.25, 0.3) is 0 Å². The van der Waals surface area contributed by atoms with Crippen molar-refractivity contribution in [3.8, 4) is 5.75 Å². The average Bonchev–Trinajstić information content (AvgIpc) is 3.68. The molecule has 2 aliphatic rings. The minimum atomic E-state index is -1.19. The van der Waals surface area contributed by atoms with Crippen LogP contribution in [-0.4, -0.2) is 56.0 Å². The molecule has 2 atom stereocenters. The van der Waals surface area contributed by atoms with Crippen molar-refractivity contribution in [1.82, 2.24) is 19.9 Å². The van der Waals surface area contributed by atoms with E-state index in [4.69, 9.17) is 4.74 Å². The monoisotopic (exact) mass is 565 g/mol. The average molecular weight is 566 g/mol. The molecule has 2 heterocycles. The summed E-state index contributed by atoms with van der Waals surface area (Å²) in [7, 11) is 1.61. The molecule has 0 radical (unpaired) electrons. The lowest BCUT2D eigenvalue weighted by molar-refractivity contribution is 0.0127. The van der Waals surface area contributed by atoms with Gasteiger partial charge in [0.1, 0.15) is 5.75 Å². The SMILES string of the molecule is COc1cccc(C2(C(C)(Cc3cn(Cc4ccc5ccccc5c4)nn3)N(C(=O)O)C3CCCCC3)C=NN=N2)c1. The first-order chi connectivity index (χ1) is 20.4. The van der Waals surface area contributed by atoms with Crippen molar-refractivity contribution in [3.63, 3.8) is 0 Å². The van der Waals surface area contributed by atoms with E-state index in [9.17, 15) is 9.90 Å². The number of hydrogen-bond acceptors (Lipinski definition) is 7. The van der Waals surface area contributed by atoms with Crippen LogP contribution in [0.15, 0.2) is 88.4 Å². The van der Waals surface area contributed by atoms with E-state index >= 15 is 0 Å². The van der Waals surface area contributed by atoms with Crippen molar-refractivity contribution in [2.24, 2.45) is 15.4 Å². The van der Waals surface area contributed by atoms with Gasteiger partial charge in [0.15, 0.2) is 5.54 Å². The molecule has 2 unspecified atom stereocenters. The van der Waals surface area contributed by atoms with Crippen LogP contribution in [0.2, 0.25) is 0 Å². The molecule has 1 fully saturated rings. The van der Waals surface area contributed by atoms with Crippen LogP contribution >= 0.6 is 0 Å². The summed E-state index contributed by atoms with van der Waals surface area (Å²) in [4.78, 5) is 14.8. The molecule has 1 saturated carbocycles. The van der Waals surface area contributed by atoms with Crippen LogP contribution in [0.25, 0.3) is 10.8 Å². The highest BCUT2D eigenvalue weighted by molar-refractivity contribution is 5.83. The van der Waals surface area contributed by atoms with Crippen molar-refractivity contribution in [3.05, 3.63) is 89.7 Å². The Kier molecular flexibility index (Phi) is 7.45. The molecule has 10 nitrogen and oxygen atoms in total. The van der Waals surface area contributed by atoms with Crippen LogP contribution < -0.4 is 4.74 Å². The summed E-state index contributed by atoms with van der Waals surface area (Å²) < 4.78 is 7.33. The summed E-state index contributed by atoms with van der Waals surface area (Å²) in [6, 6.07) is 22.0. The zero-order chi connectivity index (χ0) is 29.2. The maximum Gasteiger partial charge on any atom is 0.408 e. The molecule has 1 amide bonds. The van der Waals surface area contributed by atoms with E-state index in [0.29, 0.717) is 18.0 Å². The number of amides is 1. The smallest absolute Gasteiger partial charge is 0.408 e. The minimum absolute atomic E-state index is 0.166.